The van der Waals surface area contributed by atoms with Crippen LogP contribution in [-0.2, 0) is 0 Å². The van der Waals surface area contributed by atoms with Crippen molar-refractivity contribution in [3.05, 3.63) is 205 Å². The van der Waals surface area contributed by atoms with Gasteiger partial charge in [0.1, 0.15) is 0 Å². The molecule has 2 nitrogen and oxygen atoms in total. The highest BCUT2D eigenvalue weighted by Crippen LogP contribution is 2.45. The van der Waals surface area contributed by atoms with Crippen LogP contribution in [0.25, 0.3) is 55.9 Å². The second kappa shape index (κ2) is 13.1. The molecule has 0 N–H and O–H groups in total. The molecule has 50 heavy (non-hydrogen) atoms. The molecule has 2 unspecified atom stereocenters. The maximum atomic E-state index is 5.20. The molecule has 4 aliphatic rings. The number of nitrogens with zero attached hydrogens (tertiary/aromatic N) is 2. The second-order valence-electron chi connectivity index (χ2n) is 13.3. The van der Waals surface area contributed by atoms with Crippen LogP contribution in [0.1, 0.15) is 24.1 Å². The Morgan fingerprint density at radius 3 is 2.00 bits per heavy atom. The summed E-state index contributed by atoms with van der Waals surface area (Å²) in [4.78, 5) is 10.2. The van der Waals surface area contributed by atoms with Gasteiger partial charge in [0.2, 0.25) is 0 Å². The van der Waals surface area contributed by atoms with E-state index in [4.69, 9.17) is 9.97 Å². The zero-order valence-corrected chi connectivity index (χ0v) is 27.8. The summed E-state index contributed by atoms with van der Waals surface area (Å²) in [5, 5.41) is 0. The first-order valence-corrected chi connectivity index (χ1v) is 17.5. The molecule has 5 aromatic rings. The summed E-state index contributed by atoms with van der Waals surface area (Å²) in [7, 11) is 0. The molecule has 0 spiro atoms. The third kappa shape index (κ3) is 5.80. The fourth-order valence-corrected chi connectivity index (χ4v) is 7.55. The number of allylic oxidation sites excluding steroid dienone is 16. The van der Waals surface area contributed by atoms with Crippen molar-refractivity contribution in [2.75, 3.05) is 0 Å². The first kappa shape index (κ1) is 30.0. The summed E-state index contributed by atoms with van der Waals surface area (Å²) in [6.45, 7) is 0. The Kier molecular flexibility index (Phi) is 7.83. The molecule has 2 heteroatoms. The van der Waals surface area contributed by atoms with E-state index in [-0.39, 0.29) is 0 Å². The van der Waals surface area contributed by atoms with Crippen molar-refractivity contribution in [2.24, 2.45) is 11.8 Å². The van der Waals surface area contributed by atoms with Gasteiger partial charge in [-0.1, -0.05) is 140 Å². The van der Waals surface area contributed by atoms with Gasteiger partial charge in [-0.2, -0.15) is 0 Å². The van der Waals surface area contributed by atoms with Gasteiger partial charge >= 0.3 is 0 Å². The van der Waals surface area contributed by atoms with Gasteiger partial charge in [-0.15, -0.1) is 0 Å². The smallest absolute Gasteiger partial charge is 0.0715 e. The molecule has 0 bridgehead atoms. The zero-order chi connectivity index (χ0) is 33.3. The minimum absolute atomic E-state index is 0.300. The number of benzene rings is 3. The van der Waals surface area contributed by atoms with Crippen LogP contribution >= 0.6 is 0 Å². The van der Waals surface area contributed by atoms with Crippen molar-refractivity contribution in [1.82, 2.24) is 9.97 Å². The van der Waals surface area contributed by atoms with Gasteiger partial charge in [0.25, 0.3) is 0 Å². The summed E-state index contributed by atoms with van der Waals surface area (Å²) >= 11 is 0. The topological polar surface area (TPSA) is 25.8 Å². The summed E-state index contributed by atoms with van der Waals surface area (Å²) in [5.74, 6) is 0.650. The Morgan fingerprint density at radius 2 is 1.22 bits per heavy atom. The second-order valence-corrected chi connectivity index (χ2v) is 13.3. The standard InChI is InChI=1S/C48H36N2/c1-4-14-33(15-5-1)37-24-25-46(49-32-37)41-27-38(26-40(28-41)45-29-36-20-10-11-21-42(36)43-22-12-13-23-44(43)45)39-30-47(34-16-6-2-7-17-34)50-48(31-39)35-18-8-3-9-19-35/h1-2,4-8,10-32,42-43H,3,9H2. The number of aromatic nitrogens is 2. The summed E-state index contributed by atoms with van der Waals surface area (Å²) in [6, 6.07) is 36.8. The van der Waals surface area contributed by atoms with Gasteiger partial charge in [0, 0.05) is 34.7 Å². The molecule has 0 aliphatic heterocycles. The van der Waals surface area contributed by atoms with Crippen LogP contribution in [0.2, 0.25) is 0 Å². The maximum absolute atomic E-state index is 5.20. The molecule has 0 saturated carbocycles. The van der Waals surface area contributed by atoms with E-state index in [9.17, 15) is 0 Å². The van der Waals surface area contributed by atoms with E-state index in [1.54, 1.807) is 0 Å². The average Bonchev–Trinajstić information content (AvgIpc) is 3.21. The van der Waals surface area contributed by atoms with E-state index < -0.39 is 0 Å². The van der Waals surface area contributed by atoms with Gasteiger partial charge in [-0.05, 0) is 93.8 Å². The van der Waals surface area contributed by atoms with Crippen LogP contribution < -0.4 is 0 Å². The molecule has 2 heterocycles. The van der Waals surface area contributed by atoms with Crippen molar-refractivity contribution in [3.63, 3.8) is 0 Å². The van der Waals surface area contributed by atoms with Crippen molar-refractivity contribution in [3.8, 4) is 44.8 Å². The molecule has 9 rings (SSSR count). The van der Waals surface area contributed by atoms with E-state index >= 15 is 0 Å². The number of pyridine rings is 2. The first-order chi connectivity index (χ1) is 24.8. The van der Waals surface area contributed by atoms with E-state index in [1.807, 2.05) is 12.3 Å². The Balaban J connectivity index is 1.24. The lowest BCUT2D eigenvalue weighted by Crippen LogP contribution is -2.21. The maximum Gasteiger partial charge on any atom is 0.0715 e. The van der Waals surface area contributed by atoms with Crippen LogP contribution in [0.4, 0.5) is 0 Å². The highest BCUT2D eigenvalue weighted by Gasteiger charge is 2.30. The van der Waals surface area contributed by atoms with Crippen LogP contribution in [0.3, 0.4) is 0 Å². The number of fused-ring (bicyclic) bond motifs is 3. The van der Waals surface area contributed by atoms with Crippen molar-refractivity contribution >= 4 is 11.1 Å². The lowest BCUT2D eigenvalue weighted by Gasteiger charge is -2.33. The largest absolute Gasteiger partial charge is 0.256 e. The highest BCUT2D eigenvalue weighted by molar-refractivity contribution is 5.89. The summed E-state index contributed by atoms with van der Waals surface area (Å²) < 4.78 is 0. The van der Waals surface area contributed by atoms with Gasteiger partial charge in [-0.25, -0.2) is 4.98 Å². The fraction of sp³-hybridized carbons (Fsp3) is 0.0833. The molecular weight excluding hydrogens is 605 g/mol. The summed E-state index contributed by atoms with van der Waals surface area (Å²) in [6.07, 6.45) is 31.3. The van der Waals surface area contributed by atoms with Crippen LogP contribution in [0.15, 0.2) is 193 Å². The molecule has 2 aromatic heterocycles. The minimum atomic E-state index is 0.300. The third-order valence-electron chi connectivity index (χ3n) is 10.1. The SMILES string of the molecule is C1=CC2=CC(c3cc(-c4cc(C5=CCCC=C5)nc(-c5ccccc5)c4)cc(-c4ccc(-c5ccccc5)cn4)c3)=C3C=CC=CC3C2C=C1. The lowest BCUT2D eigenvalue weighted by atomic mass is 9.70. The molecule has 2 atom stereocenters. The highest BCUT2D eigenvalue weighted by atomic mass is 14.7. The van der Waals surface area contributed by atoms with Crippen LogP contribution in [0, 0.1) is 11.8 Å². The summed E-state index contributed by atoms with van der Waals surface area (Å²) in [5.41, 5.74) is 16.0. The van der Waals surface area contributed by atoms with Gasteiger partial charge < -0.3 is 0 Å². The molecule has 0 radical (unpaired) electrons. The van der Waals surface area contributed by atoms with E-state index in [1.165, 1.54) is 27.9 Å². The Morgan fingerprint density at radius 1 is 0.500 bits per heavy atom. The fourth-order valence-electron chi connectivity index (χ4n) is 7.55. The lowest BCUT2D eigenvalue weighted by molar-refractivity contribution is 0.618. The predicted octanol–water partition coefficient (Wildman–Crippen LogP) is 12.1. The minimum Gasteiger partial charge on any atom is -0.256 e. The average molecular weight is 641 g/mol. The number of hydrogen-bond donors (Lipinski definition) is 0. The number of rotatable bonds is 6. The van der Waals surface area contributed by atoms with E-state index in [2.05, 4.69) is 170 Å². The molecule has 0 saturated heterocycles. The predicted molar refractivity (Wildman–Crippen MR) is 209 cm³/mol. The van der Waals surface area contributed by atoms with Crippen molar-refractivity contribution < 1.29 is 0 Å². The Bertz CT molecular complexity index is 2340. The molecule has 4 aliphatic carbocycles. The molecular formula is C48H36N2. The zero-order valence-electron chi connectivity index (χ0n) is 27.8. The van der Waals surface area contributed by atoms with Crippen molar-refractivity contribution in [1.29, 1.82) is 0 Å². The van der Waals surface area contributed by atoms with Crippen molar-refractivity contribution in [2.45, 2.75) is 12.8 Å². The Hall–Kier alpha value is -6.12. The Labute approximate surface area is 294 Å². The normalized spacial score (nSPS) is 18.8. The van der Waals surface area contributed by atoms with E-state index in [0.29, 0.717) is 11.8 Å². The molecule has 0 fully saturated rings. The van der Waals surface area contributed by atoms with Crippen LogP contribution in [-0.4, -0.2) is 9.97 Å². The first-order valence-electron chi connectivity index (χ1n) is 17.5. The van der Waals surface area contributed by atoms with E-state index in [0.717, 1.165) is 63.3 Å². The van der Waals surface area contributed by atoms with Gasteiger partial charge in [0.15, 0.2) is 0 Å². The van der Waals surface area contributed by atoms with Crippen LogP contribution in [0.5, 0.6) is 0 Å². The van der Waals surface area contributed by atoms with Gasteiger partial charge in [0.05, 0.1) is 17.1 Å². The number of hydrogen-bond acceptors (Lipinski definition) is 2. The monoisotopic (exact) mass is 640 g/mol. The molecule has 3 aromatic carbocycles. The molecule has 0 amide bonds. The quantitative estimate of drug-likeness (QED) is 0.185. The van der Waals surface area contributed by atoms with Gasteiger partial charge in [-0.3, -0.25) is 4.98 Å². The molecule has 238 valence electrons. The third-order valence-corrected chi connectivity index (χ3v) is 10.1.